The summed E-state index contributed by atoms with van der Waals surface area (Å²) in [4.78, 5) is 23.2. The molecule has 2 amide bonds. The molecule has 0 saturated heterocycles. The van der Waals surface area contributed by atoms with E-state index < -0.39 is 0 Å². The molecule has 0 radical (unpaired) electrons. The molecular weight excluding hydrogens is 266 g/mol. The van der Waals surface area contributed by atoms with Crippen LogP contribution in [0.3, 0.4) is 0 Å². The number of anilines is 1. The van der Waals surface area contributed by atoms with Gasteiger partial charge in [-0.05, 0) is 20.8 Å². The molecule has 1 heterocycles. The van der Waals surface area contributed by atoms with Gasteiger partial charge >= 0.3 is 0 Å². The van der Waals surface area contributed by atoms with Gasteiger partial charge in [0.05, 0.1) is 0 Å². The number of hydrogen-bond donors (Lipinski definition) is 3. The molecule has 0 aliphatic rings. The molecule has 0 aliphatic carbocycles. The smallest absolute Gasteiger partial charge is 0.282 e. The van der Waals surface area contributed by atoms with Gasteiger partial charge in [-0.15, -0.1) is 10.2 Å². The van der Waals surface area contributed by atoms with Crippen molar-refractivity contribution in [3.63, 3.8) is 0 Å². The van der Waals surface area contributed by atoms with E-state index in [-0.39, 0.29) is 35.3 Å². The molecule has 0 spiro atoms. The van der Waals surface area contributed by atoms with Crippen LogP contribution in [0.4, 0.5) is 5.13 Å². The SMILES string of the molecule is CNc1nnc(C(=O)NCCC(=O)NC(C)(C)C)s1. The number of amides is 2. The summed E-state index contributed by atoms with van der Waals surface area (Å²) in [6.07, 6.45) is 0.237. The minimum absolute atomic E-state index is 0.0963. The van der Waals surface area contributed by atoms with E-state index in [1.54, 1.807) is 7.05 Å². The maximum Gasteiger partial charge on any atom is 0.282 e. The summed E-state index contributed by atoms with van der Waals surface area (Å²) in [6, 6.07) is 0. The Morgan fingerprint density at radius 2 is 1.95 bits per heavy atom. The Morgan fingerprint density at radius 1 is 1.26 bits per heavy atom. The van der Waals surface area contributed by atoms with Crippen molar-refractivity contribution < 1.29 is 9.59 Å². The van der Waals surface area contributed by atoms with Gasteiger partial charge in [0.1, 0.15) is 0 Å². The zero-order valence-corrected chi connectivity index (χ0v) is 12.3. The number of nitrogens with zero attached hydrogens (tertiary/aromatic N) is 2. The fourth-order valence-electron chi connectivity index (χ4n) is 1.26. The van der Waals surface area contributed by atoms with Crippen molar-refractivity contribution in [3.8, 4) is 0 Å². The minimum Gasteiger partial charge on any atom is -0.363 e. The van der Waals surface area contributed by atoms with Crippen molar-refractivity contribution in [1.82, 2.24) is 20.8 Å². The average Bonchev–Trinajstić information content (AvgIpc) is 2.74. The molecule has 19 heavy (non-hydrogen) atoms. The zero-order chi connectivity index (χ0) is 14.5. The standard InChI is InChI=1S/C11H19N5O2S/c1-11(2,3)14-7(17)5-6-13-8(18)9-15-16-10(12-4)19-9/h5-6H2,1-4H3,(H,12,16)(H,13,18)(H,14,17). The summed E-state index contributed by atoms with van der Waals surface area (Å²) in [5.74, 6) is -0.413. The van der Waals surface area contributed by atoms with Crippen LogP contribution in [0.15, 0.2) is 0 Å². The van der Waals surface area contributed by atoms with Crippen molar-refractivity contribution in [3.05, 3.63) is 5.01 Å². The topological polar surface area (TPSA) is 96.0 Å². The van der Waals surface area contributed by atoms with Crippen molar-refractivity contribution >= 4 is 28.3 Å². The van der Waals surface area contributed by atoms with E-state index in [4.69, 9.17) is 0 Å². The molecule has 1 rings (SSSR count). The molecule has 1 aromatic rings. The quantitative estimate of drug-likeness (QED) is 0.737. The molecule has 0 saturated carbocycles. The Balaban J connectivity index is 2.33. The van der Waals surface area contributed by atoms with Gasteiger partial charge < -0.3 is 16.0 Å². The second-order valence-corrected chi connectivity index (χ2v) is 5.94. The predicted molar refractivity (Wildman–Crippen MR) is 74.3 cm³/mol. The van der Waals surface area contributed by atoms with Gasteiger partial charge in [-0.2, -0.15) is 0 Å². The lowest BCUT2D eigenvalue weighted by molar-refractivity contribution is -0.122. The summed E-state index contributed by atoms with van der Waals surface area (Å²) < 4.78 is 0. The number of carbonyl (C=O) groups excluding carboxylic acids is 2. The highest BCUT2D eigenvalue weighted by molar-refractivity contribution is 7.17. The van der Waals surface area contributed by atoms with Crippen LogP contribution in [0.2, 0.25) is 0 Å². The van der Waals surface area contributed by atoms with Crippen LogP contribution in [-0.4, -0.2) is 41.1 Å². The molecule has 7 nitrogen and oxygen atoms in total. The number of aromatic nitrogens is 2. The van der Waals surface area contributed by atoms with Crippen LogP contribution in [0, 0.1) is 0 Å². The lowest BCUT2D eigenvalue weighted by Crippen LogP contribution is -2.41. The highest BCUT2D eigenvalue weighted by Gasteiger charge is 2.15. The van der Waals surface area contributed by atoms with E-state index in [2.05, 4.69) is 26.1 Å². The third-order valence-electron chi connectivity index (χ3n) is 1.99. The van der Waals surface area contributed by atoms with E-state index in [0.717, 1.165) is 11.3 Å². The molecule has 0 aromatic carbocycles. The highest BCUT2D eigenvalue weighted by Crippen LogP contribution is 2.13. The Bertz CT molecular complexity index is 452. The van der Waals surface area contributed by atoms with Crippen molar-refractivity contribution in [1.29, 1.82) is 0 Å². The van der Waals surface area contributed by atoms with E-state index >= 15 is 0 Å². The molecule has 0 unspecified atom stereocenters. The summed E-state index contributed by atoms with van der Waals surface area (Å²) in [5, 5.41) is 16.6. The molecule has 8 heteroatoms. The number of nitrogens with one attached hydrogen (secondary N) is 3. The van der Waals surface area contributed by atoms with Crippen LogP contribution in [0.1, 0.15) is 37.0 Å². The second kappa shape index (κ2) is 6.46. The van der Waals surface area contributed by atoms with Crippen LogP contribution >= 0.6 is 11.3 Å². The molecule has 0 aliphatic heterocycles. The lowest BCUT2D eigenvalue weighted by atomic mass is 10.1. The maximum atomic E-state index is 11.7. The third-order valence-corrected chi connectivity index (χ3v) is 2.92. The van der Waals surface area contributed by atoms with E-state index in [0.29, 0.717) is 5.13 Å². The Kier molecular flexibility index (Phi) is 5.22. The average molecular weight is 285 g/mol. The van der Waals surface area contributed by atoms with Gasteiger partial charge in [0.25, 0.3) is 5.91 Å². The molecular formula is C11H19N5O2S. The van der Waals surface area contributed by atoms with Gasteiger partial charge in [0.15, 0.2) is 0 Å². The van der Waals surface area contributed by atoms with Crippen molar-refractivity contribution in [2.24, 2.45) is 0 Å². The van der Waals surface area contributed by atoms with Crippen LogP contribution < -0.4 is 16.0 Å². The van der Waals surface area contributed by atoms with Crippen LogP contribution in [0.25, 0.3) is 0 Å². The van der Waals surface area contributed by atoms with Crippen molar-refractivity contribution in [2.75, 3.05) is 18.9 Å². The maximum absolute atomic E-state index is 11.7. The molecule has 1 aromatic heterocycles. The Hall–Kier alpha value is -1.70. The first-order valence-corrected chi connectivity index (χ1v) is 6.74. The van der Waals surface area contributed by atoms with Crippen LogP contribution in [0.5, 0.6) is 0 Å². The van der Waals surface area contributed by atoms with Crippen LogP contribution in [-0.2, 0) is 4.79 Å². The first kappa shape index (κ1) is 15.4. The predicted octanol–water partition coefficient (Wildman–Crippen LogP) is 0.614. The van der Waals surface area contributed by atoms with E-state index in [1.807, 2.05) is 20.8 Å². The summed E-state index contributed by atoms with van der Waals surface area (Å²) in [6.45, 7) is 5.99. The zero-order valence-electron chi connectivity index (χ0n) is 11.5. The first-order valence-electron chi connectivity index (χ1n) is 5.92. The van der Waals surface area contributed by atoms with Gasteiger partial charge in [0.2, 0.25) is 16.0 Å². The Labute approximate surface area is 116 Å². The fourth-order valence-corrected chi connectivity index (χ4v) is 1.88. The van der Waals surface area contributed by atoms with Gasteiger partial charge in [-0.3, -0.25) is 9.59 Å². The lowest BCUT2D eigenvalue weighted by Gasteiger charge is -2.20. The summed E-state index contributed by atoms with van der Waals surface area (Å²) in [5.41, 5.74) is -0.262. The molecule has 0 bridgehead atoms. The number of carbonyl (C=O) groups is 2. The molecule has 0 atom stereocenters. The highest BCUT2D eigenvalue weighted by atomic mass is 32.1. The van der Waals surface area contributed by atoms with E-state index in [1.165, 1.54) is 0 Å². The second-order valence-electron chi connectivity index (χ2n) is 4.97. The third kappa shape index (κ3) is 5.64. The number of rotatable bonds is 5. The fraction of sp³-hybridized carbons (Fsp3) is 0.636. The summed E-state index contributed by atoms with van der Waals surface area (Å²) in [7, 11) is 1.71. The van der Waals surface area contributed by atoms with E-state index in [9.17, 15) is 9.59 Å². The van der Waals surface area contributed by atoms with Crippen molar-refractivity contribution in [2.45, 2.75) is 32.7 Å². The van der Waals surface area contributed by atoms with Gasteiger partial charge in [-0.1, -0.05) is 11.3 Å². The molecule has 0 fully saturated rings. The Morgan fingerprint density at radius 3 is 2.47 bits per heavy atom. The minimum atomic E-state index is -0.317. The van der Waals surface area contributed by atoms with Gasteiger partial charge in [-0.25, -0.2) is 0 Å². The summed E-state index contributed by atoms with van der Waals surface area (Å²) >= 11 is 1.16. The largest absolute Gasteiger partial charge is 0.363 e. The normalized spacial score (nSPS) is 10.9. The monoisotopic (exact) mass is 285 g/mol. The first-order chi connectivity index (χ1) is 8.81. The molecule has 3 N–H and O–H groups in total. The molecule has 106 valence electrons. The van der Waals surface area contributed by atoms with Gasteiger partial charge in [0, 0.05) is 25.6 Å². The number of hydrogen-bond acceptors (Lipinski definition) is 6.